The number of aliphatic carboxylic acids is 1. The van der Waals surface area contributed by atoms with Gasteiger partial charge in [0.1, 0.15) is 5.82 Å². The number of rotatable bonds is 8. The van der Waals surface area contributed by atoms with Gasteiger partial charge in [0.05, 0.1) is 17.9 Å². The maximum atomic E-state index is 13.4. The monoisotopic (exact) mass is 447 g/mol. The van der Waals surface area contributed by atoms with Gasteiger partial charge < -0.3 is 9.67 Å². The number of benzene rings is 2. The third-order valence-corrected chi connectivity index (χ3v) is 5.74. The van der Waals surface area contributed by atoms with E-state index in [1.165, 1.54) is 23.5 Å². The zero-order valence-corrected chi connectivity index (χ0v) is 18.4. The van der Waals surface area contributed by atoms with E-state index < -0.39 is 5.97 Å². The van der Waals surface area contributed by atoms with Crippen LogP contribution in [0.2, 0.25) is 5.02 Å². The van der Waals surface area contributed by atoms with Gasteiger partial charge in [0.2, 0.25) is 0 Å². The smallest absolute Gasteiger partial charge is 0.317 e. The lowest BCUT2D eigenvalue weighted by molar-refractivity contribution is -0.137. The molecule has 1 aromatic heterocycles. The SMILES string of the molecule is Cc1cc(Cl)ccc1N=c1scc(-c2ccc(F)cc2)n1CCCN(C)CC(=O)O. The van der Waals surface area contributed by atoms with Gasteiger partial charge >= 0.3 is 5.97 Å². The van der Waals surface area contributed by atoms with Gasteiger partial charge in [-0.1, -0.05) is 11.6 Å². The summed E-state index contributed by atoms with van der Waals surface area (Å²) in [4.78, 5) is 18.3. The van der Waals surface area contributed by atoms with E-state index in [0.29, 0.717) is 18.1 Å². The molecule has 3 rings (SSSR count). The average Bonchev–Trinajstić information content (AvgIpc) is 3.06. The van der Waals surface area contributed by atoms with Gasteiger partial charge in [-0.2, -0.15) is 0 Å². The first-order valence-corrected chi connectivity index (χ1v) is 10.7. The van der Waals surface area contributed by atoms with Gasteiger partial charge in [-0.15, -0.1) is 11.3 Å². The Morgan fingerprint density at radius 1 is 1.27 bits per heavy atom. The summed E-state index contributed by atoms with van der Waals surface area (Å²) < 4.78 is 15.5. The van der Waals surface area contributed by atoms with E-state index >= 15 is 0 Å². The molecule has 0 saturated carbocycles. The van der Waals surface area contributed by atoms with Crippen LogP contribution >= 0.6 is 22.9 Å². The number of carboxylic acid groups (broad SMARTS) is 1. The fraction of sp³-hybridized carbons (Fsp3) is 0.273. The number of nitrogens with zero attached hydrogens (tertiary/aromatic N) is 3. The molecule has 1 N–H and O–H groups in total. The number of aromatic nitrogens is 1. The predicted octanol–water partition coefficient (Wildman–Crippen LogP) is 4.96. The van der Waals surface area contributed by atoms with Gasteiger partial charge in [0, 0.05) is 23.5 Å². The van der Waals surface area contributed by atoms with Crippen LogP contribution < -0.4 is 4.80 Å². The normalized spacial score (nSPS) is 12.0. The Morgan fingerprint density at radius 3 is 2.67 bits per heavy atom. The number of thiazole rings is 1. The van der Waals surface area contributed by atoms with E-state index in [2.05, 4.69) is 4.57 Å². The van der Waals surface area contributed by atoms with Crippen LogP contribution in [0.3, 0.4) is 0 Å². The van der Waals surface area contributed by atoms with Crippen molar-refractivity contribution in [1.82, 2.24) is 9.47 Å². The molecular weight excluding hydrogens is 425 g/mol. The first-order chi connectivity index (χ1) is 14.3. The number of hydrogen-bond donors (Lipinski definition) is 1. The molecule has 1 heterocycles. The number of hydrogen-bond acceptors (Lipinski definition) is 4. The van der Waals surface area contributed by atoms with Crippen molar-refractivity contribution in [3.05, 3.63) is 69.0 Å². The number of likely N-dealkylation sites (N-methyl/N-ethyl adjacent to an activating group) is 1. The van der Waals surface area contributed by atoms with E-state index in [1.807, 2.05) is 30.5 Å². The molecule has 158 valence electrons. The molecule has 0 aliphatic carbocycles. The Hall–Kier alpha value is -2.48. The lowest BCUT2D eigenvalue weighted by Crippen LogP contribution is -2.28. The van der Waals surface area contributed by atoms with E-state index in [9.17, 15) is 9.18 Å². The van der Waals surface area contributed by atoms with Crippen LogP contribution in [0, 0.1) is 12.7 Å². The first kappa shape index (κ1) is 22.2. The first-order valence-electron chi connectivity index (χ1n) is 9.49. The average molecular weight is 448 g/mol. The number of carbonyl (C=O) groups is 1. The van der Waals surface area contributed by atoms with Crippen LogP contribution in [0.5, 0.6) is 0 Å². The molecule has 8 heteroatoms. The molecule has 0 spiro atoms. The standard InChI is InChI=1S/C22H23ClFN3O2S/c1-15-12-17(23)6-9-19(15)25-22-27(11-3-10-26(2)13-21(28)29)20(14-30-22)16-4-7-18(24)8-5-16/h4-9,12,14H,3,10-11,13H2,1-2H3,(H,28,29). The summed E-state index contributed by atoms with van der Waals surface area (Å²) >= 11 is 7.58. The molecule has 5 nitrogen and oxygen atoms in total. The van der Waals surface area contributed by atoms with Crippen LogP contribution in [-0.2, 0) is 11.3 Å². The maximum absolute atomic E-state index is 13.4. The second-order valence-electron chi connectivity index (χ2n) is 7.09. The molecule has 0 aliphatic heterocycles. The highest BCUT2D eigenvalue weighted by Gasteiger charge is 2.10. The molecule has 2 aromatic carbocycles. The summed E-state index contributed by atoms with van der Waals surface area (Å²) in [6, 6.07) is 12.0. The quantitative estimate of drug-likeness (QED) is 0.531. The largest absolute Gasteiger partial charge is 0.480 e. The minimum Gasteiger partial charge on any atom is -0.480 e. The Balaban J connectivity index is 1.95. The van der Waals surface area contributed by atoms with E-state index in [0.717, 1.165) is 33.7 Å². The Kier molecular flexibility index (Phi) is 7.42. The van der Waals surface area contributed by atoms with Crippen molar-refractivity contribution in [2.75, 3.05) is 20.1 Å². The fourth-order valence-corrected chi connectivity index (χ4v) is 4.32. The van der Waals surface area contributed by atoms with Crippen LogP contribution in [-0.4, -0.2) is 40.7 Å². The van der Waals surface area contributed by atoms with E-state index in [1.54, 1.807) is 24.1 Å². The highest BCUT2D eigenvalue weighted by Crippen LogP contribution is 2.24. The summed E-state index contributed by atoms with van der Waals surface area (Å²) in [7, 11) is 1.79. The summed E-state index contributed by atoms with van der Waals surface area (Å²) in [5, 5.41) is 11.6. The Morgan fingerprint density at radius 2 is 2.00 bits per heavy atom. The number of carboxylic acids is 1. The van der Waals surface area contributed by atoms with Crippen molar-refractivity contribution >= 4 is 34.6 Å². The Bertz CT molecular complexity index is 1090. The molecule has 0 unspecified atom stereocenters. The summed E-state index contributed by atoms with van der Waals surface area (Å²) in [5.41, 5.74) is 3.67. The van der Waals surface area contributed by atoms with Gasteiger partial charge in [0.15, 0.2) is 4.80 Å². The molecule has 0 atom stereocenters. The van der Waals surface area contributed by atoms with Crippen molar-refractivity contribution in [3.63, 3.8) is 0 Å². The van der Waals surface area contributed by atoms with Crippen LogP contribution in [0.4, 0.5) is 10.1 Å². The number of aryl methyl sites for hydroxylation is 1. The van der Waals surface area contributed by atoms with Gasteiger partial charge in [0.25, 0.3) is 0 Å². The molecule has 0 aliphatic rings. The second kappa shape index (κ2) is 10.0. The molecular formula is C22H23ClFN3O2S. The van der Waals surface area contributed by atoms with E-state index in [4.69, 9.17) is 21.7 Å². The predicted molar refractivity (Wildman–Crippen MR) is 119 cm³/mol. The molecule has 0 bridgehead atoms. The van der Waals surface area contributed by atoms with Gasteiger partial charge in [-0.3, -0.25) is 9.69 Å². The van der Waals surface area contributed by atoms with Crippen LogP contribution in [0.15, 0.2) is 52.8 Å². The maximum Gasteiger partial charge on any atom is 0.317 e. The molecule has 3 aromatic rings. The third kappa shape index (κ3) is 5.78. The number of halogens is 2. The lowest BCUT2D eigenvalue weighted by Gasteiger charge is -2.15. The van der Waals surface area contributed by atoms with E-state index in [-0.39, 0.29) is 12.4 Å². The van der Waals surface area contributed by atoms with Gasteiger partial charge in [-0.25, -0.2) is 9.38 Å². The van der Waals surface area contributed by atoms with Crippen molar-refractivity contribution in [1.29, 1.82) is 0 Å². The fourth-order valence-electron chi connectivity index (χ4n) is 3.14. The summed E-state index contributed by atoms with van der Waals surface area (Å²) in [6.07, 6.45) is 0.751. The topological polar surface area (TPSA) is 57.8 Å². The Labute approximate surface area is 183 Å². The molecule has 0 saturated heterocycles. The molecule has 0 radical (unpaired) electrons. The van der Waals surface area contributed by atoms with Crippen LogP contribution in [0.1, 0.15) is 12.0 Å². The lowest BCUT2D eigenvalue weighted by atomic mass is 10.1. The zero-order chi connectivity index (χ0) is 21.7. The summed E-state index contributed by atoms with van der Waals surface area (Å²) in [6.45, 7) is 3.26. The second-order valence-corrected chi connectivity index (χ2v) is 8.36. The molecule has 30 heavy (non-hydrogen) atoms. The van der Waals surface area contributed by atoms with Gasteiger partial charge in [-0.05, 0) is 74.0 Å². The molecule has 0 fully saturated rings. The van der Waals surface area contributed by atoms with Crippen molar-refractivity contribution in [2.24, 2.45) is 4.99 Å². The zero-order valence-electron chi connectivity index (χ0n) is 16.8. The highest BCUT2D eigenvalue weighted by molar-refractivity contribution is 7.07. The van der Waals surface area contributed by atoms with Crippen molar-refractivity contribution < 1.29 is 14.3 Å². The third-order valence-electron chi connectivity index (χ3n) is 4.64. The minimum absolute atomic E-state index is 0.000322. The van der Waals surface area contributed by atoms with Crippen molar-refractivity contribution in [3.8, 4) is 11.3 Å². The molecule has 0 amide bonds. The summed E-state index contributed by atoms with van der Waals surface area (Å²) in [5.74, 6) is -1.13. The van der Waals surface area contributed by atoms with Crippen LogP contribution in [0.25, 0.3) is 11.3 Å². The minimum atomic E-state index is -0.846. The highest BCUT2D eigenvalue weighted by atomic mass is 35.5. The van der Waals surface area contributed by atoms with Crippen molar-refractivity contribution in [2.45, 2.75) is 19.9 Å².